The third-order valence-electron chi connectivity index (χ3n) is 4.67. The molecule has 0 amide bonds. The van der Waals surface area contributed by atoms with Gasteiger partial charge in [-0.05, 0) is 31.0 Å². The molecule has 1 aromatic carbocycles. The van der Waals surface area contributed by atoms with Gasteiger partial charge in [0.2, 0.25) is 5.95 Å². The molecule has 0 unspecified atom stereocenters. The van der Waals surface area contributed by atoms with Crippen molar-refractivity contribution >= 4 is 23.4 Å². The Morgan fingerprint density at radius 3 is 2.72 bits per heavy atom. The Balaban J connectivity index is 1.46. The average Bonchev–Trinajstić information content (AvgIpc) is 3.12. The maximum atomic E-state index is 6.27. The SMILES string of the molecule is Nc1nccc(N2CCC(c3cc(-c4ccccc4Cl)n[nH]3)CC2)n1. The second-order valence-corrected chi connectivity index (χ2v) is 6.63. The van der Waals surface area contributed by atoms with Gasteiger partial charge in [0, 0.05) is 36.5 Å². The van der Waals surface area contributed by atoms with E-state index in [1.165, 1.54) is 0 Å². The molecule has 1 saturated heterocycles. The molecular weight excluding hydrogens is 336 g/mol. The van der Waals surface area contributed by atoms with Crippen LogP contribution < -0.4 is 10.6 Å². The third-order valence-corrected chi connectivity index (χ3v) is 5.00. The summed E-state index contributed by atoms with van der Waals surface area (Å²) >= 11 is 6.27. The number of hydrogen-bond donors (Lipinski definition) is 2. The lowest BCUT2D eigenvalue weighted by Crippen LogP contribution is -2.33. The smallest absolute Gasteiger partial charge is 0.221 e. The number of nitrogens with one attached hydrogen (secondary N) is 1. The predicted molar refractivity (Wildman–Crippen MR) is 99.7 cm³/mol. The number of hydrogen-bond acceptors (Lipinski definition) is 5. The van der Waals surface area contributed by atoms with Crippen molar-refractivity contribution in [3.8, 4) is 11.3 Å². The molecular formula is C18H19ClN6. The molecule has 128 valence electrons. The Kier molecular flexibility index (Phi) is 4.28. The average molecular weight is 355 g/mol. The zero-order valence-electron chi connectivity index (χ0n) is 13.7. The summed E-state index contributed by atoms with van der Waals surface area (Å²) in [6.07, 6.45) is 3.77. The van der Waals surface area contributed by atoms with Gasteiger partial charge in [0.25, 0.3) is 0 Å². The van der Waals surface area contributed by atoms with Crippen molar-refractivity contribution in [1.29, 1.82) is 0 Å². The van der Waals surface area contributed by atoms with E-state index in [1.54, 1.807) is 6.20 Å². The highest BCUT2D eigenvalue weighted by atomic mass is 35.5. The molecule has 3 aromatic rings. The second kappa shape index (κ2) is 6.72. The molecule has 2 aromatic heterocycles. The van der Waals surface area contributed by atoms with E-state index in [4.69, 9.17) is 17.3 Å². The highest BCUT2D eigenvalue weighted by Crippen LogP contribution is 2.32. The lowest BCUT2D eigenvalue weighted by atomic mass is 9.93. The lowest BCUT2D eigenvalue weighted by Gasteiger charge is -2.32. The molecule has 25 heavy (non-hydrogen) atoms. The van der Waals surface area contributed by atoms with Crippen molar-refractivity contribution in [2.24, 2.45) is 0 Å². The summed E-state index contributed by atoms with van der Waals surface area (Å²) in [5.74, 6) is 1.67. The summed E-state index contributed by atoms with van der Waals surface area (Å²) in [5, 5.41) is 8.36. The molecule has 0 aliphatic carbocycles. The van der Waals surface area contributed by atoms with E-state index >= 15 is 0 Å². The largest absolute Gasteiger partial charge is 0.368 e. The van der Waals surface area contributed by atoms with E-state index in [9.17, 15) is 0 Å². The number of aromatic nitrogens is 4. The van der Waals surface area contributed by atoms with Crippen molar-refractivity contribution in [3.63, 3.8) is 0 Å². The highest BCUT2D eigenvalue weighted by molar-refractivity contribution is 6.33. The molecule has 6 nitrogen and oxygen atoms in total. The maximum absolute atomic E-state index is 6.27. The quantitative estimate of drug-likeness (QED) is 0.752. The second-order valence-electron chi connectivity index (χ2n) is 6.22. The summed E-state index contributed by atoms with van der Waals surface area (Å²) in [5.41, 5.74) is 8.70. The van der Waals surface area contributed by atoms with Gasteiger partial charge < -0.3 is 10.6 Å². The number of H-pyrrole nitrogens is 1. The van der Waals surface area contributed by atoms with Gasteiger partial charge in [-0.25, -0.2) is 4.98 Å². The molecule has 0 atom stereocenters. The monoisotopic (exact) mass is 354 g/mol. The minimum Gasteiger partial charge on any atom is -0.368 e. The van der Waals surface area contributed by atoms with Crippen LogP contribution in [0.1, 0.15) is 24.5 Å². The zero-order chi connectivity index (χ0) is 17.2. The molecule has 0 spiro atoms. The van der Waals surface area contributed by atoms with Crippen molar-refractivity contribution < 1.29 is 0 Å². The summed E-state index contributed by atoms with van der Waals surface area (Å²) in [4.78, 5) is 10.5. The standard InChI is InChI=1S/C18H19ClN6/c19-14-4-2-1-3-13(14)16-11-15(23-24-16)12-6-9-25(10-7-12)17-5-8-21-18(20)22-17/h1-5,8,11-12H,6-7,9-10H2,(H,23,24)(H2,20,21,22). The van der Waals surface area contributed by atoms with E-state index in [0.717, 1.165) is 53.7 Å². The summed E-state index contributed by atoms with van der Waals surface area (Å²) in [6.45, 7) is 1.86. The third kappa shape index (κ3) is 3.30. The van der Waals surface area contributed by atoms with Gasteiger partial charge in [0.05, 0.1) is 10.7 Å². The van der Waals surface area contributed by atoms with E-state index in [2.05, 4.69) is 31.1 Å². The Morgan fingerprint density at radius 2 is 1.96 bits per heavy atom. The fraction of sp³-hybridized carbons (Fsp3) is 0.278. The van der Waals surface area contributed by atoms with Crippen molar-refractivity contribution in [1.82, 2.24) is 20.2 Å². The molecule has 1 aliphatic heterocycles. The lowest BCUT2D eigenvalue weighted by molar-refractivity contribution is 0.493. The highest BCUT2D eigenvalue weighted by Gasteiger charge is 2.23. The van der Waals surface area contributed by atoms with Gasteiger partial charge in [-0.3, -0.25) is 5.10 Å². The minimum atomic E-state index is 0.317. The summed E-state index contributed by atoms with van der Waals surface area (Å²) in [6, 6.07) is 11.8. The van der Waals surface area contributed by atoms with Crippen molar-refractivity contribution in [2.45, 2.75) is 18.8 Å². The molecule has 0 saturated carbocycles. The molecule has 7 heteroatoms. The van der Waals surface area contributed by atoms with Crippen molar-refractivity contribution in [3.05, 3.63) is 53.3 Å². The molecule has 0 radical (unpaired) electrons. The maximum Gasteiger partial charge on any atom is 0.221 e. The fourth-order valence-corrected chi connectivity index (χ4v) is 3.54. The van der Waals surface area contributed by atoms with Crippen LogP contribution in [0.25, 0.3) is 11.3 Å². The number of nitrogens with two attached hydrogens (primary N) is 1. The molecule has 0 bridgehead atoms. The number of halogens is 1. The van der Waals surface area contributed by atoms with Crippen LogP contribution in [-0.4, -0.2) is 33.3 Å². The first-order valence-corrected chi connectivity index (χ1v) is 8.72. The molecule has 4 rings (SSSR count). The van der Waals surface area contributed by atoms with Crippen LogP contribution in [0.3, 0.4) is 0 Å². The first kappa shape index (κ1) is 15.9. The first-order chi connectivity index (χ1) is 12.2. The number of nitrogens with zero attached hydrogens (tertiary/aromatic N) is 4. The van der Waals surface area contributed by atoms with Gasteiger partial charge in [-0.1, -0.05) is 29.8 Å². The van der Waals surface area contributed by atoms with Crippen molar-refractivity contribution in [2.75, 3.05) is 23.7 Å². The van der Waals surface area contributed by atoms with E-state index in [-0.39, 0.29) is 0 Å². The van der Waals surface area contributed by atoms with Crippen LogP contribution in [0.15, 0.2) is 42.6 Å². The van der Waals surface area contributed by atoms with Crippen LogP contribution in [0.5, 0.6) is 0 Å². The van der Waals surface area contributed by atoms with Crippen LogP contribution in [0, 0.1) is 0 Å². The number of rotatable bonds is 3. The molecule has 3 N–H and O–H groups in total. The number of nitrogen functional groups attached to an aromatic ring is 1. The Morgan fingerprint density at radius 1 is 1.16 bits per heavy atom. The van der Waals surface area contributed by atoms with Gasteiger partial charge in [0.15, 0.2) is 0 Å². The summed E-state index contributed by atoms with van der Waals surface area (Å²) in [7, 11) is 0. The van der Waals surface area contributed by atoms with Gasteiger partial charge in [-0.15, -0.1) is 0 Å². The van der Waals surface area contributed by atoms with Crippen LogP contribution in [0.4, 0.5) is 11.8 Å². The van der Waals surface area contributed by atoms with Crippen LogP contribution in [-0.2, 0) is 0 Å². The van der Waals surface area contributed by atoms with E-state index in [1.807, 2.05) is 30.3 Å². The predicted octanol–water partition coefficient (Wildman–Crippen LogP) is 3.49. The van der Waals surface area contributed by atoms with Gasteiger partial charge in [0.1, 0.15) is 5.82 Å². The number of benzene rings is 1. The van der Waals surface area contributed by atoms with E-state index in [0.29, 0.717) is 11.9 Å². The molecule has 1 fully saturated rings. The fourth-order valence-electron chi connectivity index (χ4n) is 3.31. The minimum absolute atomic E-state index is 0.317. The van der Waals surface area contributed by atoms with Crippen LogP contribution in [0.2, 0.25) is 5.02 Å². The molecule has 1 aliphatic rings. The zero-order valence-corrected chi connectivity index (χ0v) is 14.4. The number of aromatic amines is 1. The number of piperidine rings is 1. The molecule has 3 heterocycles. The normalized spacial score (nSPS) is 15.5. The number of anilines is 2. The first-order valence-electron chi connectivity index (χ1n) is 8.34. The topological polar surface area (TPSA) is 83.7 Å². The Labute approximate surface area is 151 Å². The Bertz CT molecular complexity index is 869. The Hall–Kier alpha value is -2.60. The van der Waals surface area contributed by atoms with Gasteiger partial charge in [-0.2, -0.15) is 10.1 Å². The van der Waals surface area contributed by atoms with Gasteiger partial charge >= 0.3 is 0 Å². The van der Waals surface area contributed by atoms with Crippen LogP contribution >= 0.6 is 11.6 Å². The summed E-state index contributed by atoms with van der Waals surface area (Å²) < 4.78 is 0. The van der Waals surface area contributed by atoms with E-state index < -0.39 is 0 Å².